The smallest absolute Gasteiger partial charge is 0.328 e. The van der Waals surface area contributed by atoms with Gasteiger partial charge in [0, 0.05) is 42.4 Å². The van der Waals surface area contributed by atoms with E-state index < -0.39 is 6.03 Å². The first-order valence-corrected chi connectivity index (χ1v) is 9.80. The first-order valence-electron chi connectivity index (χ1n) is 9.80. The molecule has 146 valence electrons. The summed E-state index contributed by atoms with van der Waals surface area (Å²) >= 11 is 0. The van der Waals surface area contributed by atoms with Crippen LogP contribution in [0.3, 0.4) is 0 Å². The van der Waals surface area contributed by atoms with Crippen LogP contribution in [0.25, 0.3) is 16.5 Å². The highest BCUT2D eigenvalue weighted by atomic mass is 16.2. The van der Waals surface area contributed by atoms with Crippen LogP contribution in [-0.4, -0.2) is 41.5 Å². The van der Waals surface area contributed by atoms with Crippen molar-refractivity contribution in [3.8, 4) is 0 Å². The lowest BCUT2D eigenvalue weighted by molar-refractivity contribution is -0.129. The third-order valence-electron chi connectivity index (χ3n) is 5.84. The largest absolute Gasteiger partial charge is 0.361 e. The fourth-order valence-corrected chi connectivity index (χ4v) is 4.34. The highest BCUT2D eigenvalue weighted by Gasteiger charge is 2.34. The number of hydrogen-bond acceptors (Lipinski definition) is 3. The number of aromatic nitrogens is 1. The van der Waals surface area contributed by atoms with Crippen molar-refractivity contribution >= 4 is 34.1 Å². The summed E-state index contributed by atoms with van der Waals surface area (Å²) in [7, 11) is 1.52. The van der Waals surface area contributed by atoms with Gasteiger partial charge in [0.15, 0.2) is 0 Å². The number of carbonyl (C=O) groups excluding carboxylic acids is 2. The van der Waals surface area contributed by atoms with Crippen molar-refractivity contribution in [1.82, 2.24) is 15.2 Å². The van der Waals surface area contributed by atoms with E-state index in [9.17, 15) is 9.59 Å². The Hall–Kier alpha value is -3.38. The van der Waals surface area contributed by atoms with E-state index in [1.807, 2.05) is 30.3 Å². The molecule has 0 saturated heterocycles. The molecule has 2 atom stereocenters. The van der Waals surface area contributed by atoms with E-state index in [0.717, 1.165) is 23.1 Å². The molecule has 2 aromatic carbocycles. The van der Waals surface area contributed by atoms with E-state index >= 15 is 0 Å². The number of fused-ring (bicyclic) bond motifs is 2. The van der Waals surface area contributed by atoms with Crippen LogP contribution in [0.2, 0.25) is 0 Å². The molecular formula is C23H22N4O2. The van der Waals surface area contributed by atoms with Gasteiger partial charge in [0.2, 0.25) is 5.91 Å². The summed E-state index contributed by atoms with van der Waals surface area (Å²) in [6.45, 7) is 0.520. The number of aromatic amines is 1. The fraction of sp³-hybridized carbons (Fsp3) is 0.217. The van der Waals surface area contributed by atoms with Crippen molar-refractivity contribution in [3.05, 3.63) is 71.9 Å². The highest BCUT2D eigenvalue weighted by molar-refractivity contribution is 6.04. The summed E-state index contributed by atoms with van der Waals surface area (Å²) in [5, 5.41) is 7.51. The minimum Gasteiger partial charge on any atom is -0.361 e. The molecule has 2 aliphatic rings. The van der Waals surface area contributed by atoms with Crippen molar-refractivity contribution in [2.45, 2.75) is 12.5 Å². The van der Waals surface area contributed by atoms with Gasteiger partial charge >= 0.3 is 6.03 Å². The quantitative estimate of drug-likeness (QED) is 0.632. The summed E-state index contributed by atoms with van der Waals surface area (Å²) in [6, 6.07) is 15.1. The number of anilines is 1. The lowest BCUT2D eigenvalue weighted by Gasteiger charge is -2.34. The summed E-state index contributed by atoms with van der Waals surface area (Å²) in [5.74, 6) is -0.604. The van der Waals surface area contributed by atoms with Crippen LogP contribution >= 0.6 is 0 Å². The van der Waals surface area contributed by atoms with E-state index in [-0.39, 0.29) is 17.9 Å². The molecule has 3 aromatic rings. The molecule has 1 aromatic heterocycles. The van der Waals surface area contributed by atoms with Gasteiger partial charge in [0.05, 0.1) is 5.92 Å². The number of nitrogens with one attached hydrogen (secondary N) is 3. The second-order valence-electron chi connectivity index (χ2n) is 7.63. The molecule has 5 rings (SSSR count). The topological polar surface area (TPSA) is 77.2 Å². The Morgan fingerprint density at radius 3 is 2.76 bits per heavy atom. The molecular weight excluding hydrogens is 364 g/mol. The number of carbonyl (C=O) groups is 2. The summed E-state index contributed by atoms with van der Waals surface area (Å²) < 4.78 is 0. The van der Waals surface area contributed by atoms with Crippen molar-refractivity contribution in [3.63, 3.8) is 0 Å². The van der Waals surface area contributed by atoms with Crippen LogP contribution in [0.4, 0.5) is 10.5 Å². The Balaban J connectivity index is 1.40. The Morgan fingerprint density at radius 1 is 1.10 bits per heavy atom. The Morgan fingerprint density at radius 2 is 1.93 bits per heavy atom. The number of hydrogen-bond donors (Lipinski definition) is 3. The number of para-hydroxylation sites is 1. The number of rotatable bonds is 2. The molecule has 3 amide bonds. The van der Waals surface area contributed by atoms with E-state index in [1.54, 1.807) is 12.1 Å². The molecule has 1 aliphatic heterocycles. The molecule has 6 heteroatoms. The lowest BCUT2D eigenvalue weighted by Crippen LogP contribution is -2.48. The van der Waals surface area contributed by atoms with E-state index in [0.29, 0.717) is 12.2 Å². The summed E-state index contributed by atoms with van der Waals surface area (Å²) in [5.41, 5.74) is 5.39. The fourth-order valence-electron chi connectivity index (χ4n) is 4.34. The SMILES string of the molecule is CN(C(=O)Nc1ccccc1)C(=O)[C@@H]1C=C2c3cccc4[nH]cc(c34)C[C@H]2NC1. The third-order valence-corrected chi connectivity index (χ3v) is 5.84. The number of nitrogens with zero attached hydrogens (tertiary/aromatic N) is 1. The second-order valence-corrected chi connectivity index (χ2v) is 7.63. The van der Waals surface area contributed by atoms with E-state index in [2.05, 4.69) is 33.9 Å². The third kappa shape index (κ3) is 3.02. The minimum atomic E-state index is -0.430. The van der Waals surface area contributed by atoms with Crippen molar-refractivity contribution < 1.29 is 9.59 Å². The molecule has 0 bridgehead atoms. The van der Waals surface area contributed by atoms with Crippen molar-refractivity contribution in [2.75, 3.05) is 18.9 Å². The van der Waals surface area contributed by atoms with Crippen molar-refractivity contribution in [1.29, 1.82) is 0 Å². The Kier molecular flexibility index (Phi) is 4.21. The lowest BCUT2D eigenvalue weighted by atomic mass is 9.80. The van der Waals surface area contributed by atoms with Crippen molar-refractivity contribution in [2.24, 2.45) is 5.92 Å². The minimum absolute atomic E-state index is 0.191. The molecule has 0 saturated carbocycles. The van der Waals surface area contributed by atoms with Gasteiger partial charge in [-0.05, 0) is 41.3 Å². The molecule has 2 heterocycles. The number of imide groups is 1. The first kappa shape index (κ1) is 17.7. The standard InChI is InChI=1S/C23H22N4O2/c1-27(23(29)26-16-6-3-2-4-7-16)22(28)15-10-18-17-8-5-9-19-21(17)14(12-24-19)11-20(18)25-13-15/h2-10,12,15,20,24-25H,11,13H2,1H3,(H,26,29)/t15-,20-/m1/s1. The van der Waals surface area contributed by atoms with Gasteiger partial charge in [-0.2, -0.15) is 0 Å². The predicted molar refractivity (Wildman–Crippen MR) is 113 cm³/mol. The van der Waals surface area contributed by atoms with Crippen LogP contribution in [0, 0.1) is 5.92 Å². The monoisotopic (exact) mass is 386 g/mol. The zero-order valence-electron chi connectivity index (χ0n) is 16.1. The number of urea groups is 1. The normalized spacial score (nSPS) is 20.0. The van der Waals surface area contributed by atoms with E-state index in [4.69, 9.17) is 0 Å². The van der Waals surface area contributed by atoms with Gasteiger partial charge < -0.3 is 15.6 Å². The zero-order valence-corrected chi connectivity index (χ0v) is 16.1. The first-order chi connectivity index (χ1) is 14.1. The molecule has 0 unspecified atom stereocenters. The summed E-state index contributed by atoms with van der Waals surface area (Å²) in [6.07, 6.45) is 5.01. The van der Waals surface area contributed by atoms with E-state index in [1.165, 1.54) is 22.9 Å². The maximum Gasteiger partial charge on any atom is 0.328 e. The molecule has 0 radical (unpaired) electrons. The number of amides is 3. The molecule has 3 N–H and O–H groups in total. The zero-order chi connectivity index (χ0) is 20.0. The van der Waals surface area contributed by atoms with Crippen LogP contribution < -0.4 is 10.6 Å². The molecule has 6 nitrogen and oxygen atoms in total. The van der Waals surface area contributed by atoms with Gasteiger partial charge in [0.1, 0.15) is 0 Å². The van der Waals surface area contributed by atoms with Gasteiger partial charge in [-0.1, -0.05) is 36.4 Å². The number of H-pyrrole nitrogens is 1. The number of benzene rings is 2. The summed E-state index contributed by atoms with van der Waals surface area (Å²) in [4.78, 5) is 30.0. The van der Waals surface area contributed by atoms with Crippen LogP contribution in [-0.2, 0) is 11.2 Å². The highest BCUT2D eigenvalue weighted by Crippen LogP contribution is 2.38. The van der Waals surface area contributed by atoms with Crippen LogP contribution in [0.1, 0.15) is 11.1 Å². The molecule has 0 fully saturated rings. The molecule has 0 spiro atoms. The van der Waals surface area contributed by atoms with Gasteiger partial charge in [-0.25, -0.2) is 4.79 Å². The Labute approximate surface area is 168 Å². The average molecular weight is 386 g/mol. The molecule has 1 aliphatic carbocycles. The maximum absolute atomic E-state index is 13.0. The average Bonchev–Trinajstić information content (AvgIpc) is 3.17. The molecule has 29 heavy (non-hydrogen) atoms. The van der Waals surface area contributed by atoms with Crippen LogP contribution in [0.5, 0.6) is 0 Å². The van der Waals surface area contributed by atoms with Gasteiger partial charge in [-0.3, -0.25) is 9.69 Å². The predicted octanol–water partition coefficient (Wildman–Crippen LogP) is 3.39. The van der Waals surface area contributed by atoms with Gasteiger partial charge in [-0.15, -0.1) is 0 Å². The Bertz CT molecular complexity index is 1130. The second kappa shape index (κ2) is 6.90. The van der Waals surface area contributed by atoms with Gasteiger partial charge in [0.25, 0.3) is 0 Å². The van der Waals surface area contributed by atoms with Crippen LogP contribution in [0.15, 0.2) is 60.8 Å². The maximum atomic E-state index is 13.0.